The van der Waals surface area contributed by atoms with Gasteiger partial charge in [-0.05, 0) is 0 Å². The summed E-state index contributed by atoms with van der Waals surface area (Å²) in [6.45, 7) is 0. The fourth-order valence-corrected chi connectivity index (χ4v) is 0.507. The molecule has 0 bridgehead atoms. The maximum Gasteiger partial charge on any atom is 0.215 e. The zero-order valence-corrected chi connectivity index (χ0v) is 5.04. The quantitative estimate of drug-likeness (QED) is 0.534. The molecule has 4 nitrogen and oxygen atoms in total. The Labute approximate surface area is 61.0 Å². The minimum atomic E-state index is -1.60. The Balaban J connectivity index is 3.46. The highest BCUT2D eigenvalue weighted by molar-refractivity contribution is 5.52. The van der Waals surface area contributed by atoms with E-state index in [1.54, 1.807) is 0 Å². The lowest BCUT2D eigenvalue weighted by atomic mass is 10.3. The van der Waals surface area contributed by atoms with Crippen molar-refractivity contribution in [3.63, 3.8) is 0 Å². The molecule has 1 aromatic rings. The molecule has 0 unspecified atom stereocenters. The number of rotatable bonds is 0. The van der Waals surface area contributed by atoms with E-state index in [1.807, 2.05) is 0 Å². The SMILES string of the molecule is [N]c1nc([N])c(F)c([N])c1F. The summed E-state index contributed by atoms with van der Waals surface area (Å²) in [6, 6.07) is 0. The largest absolute Gasteiger partial charge is 0.215 e. The third-order valence-electron chi connectivity index (χ3n) is 1.02. The van der Waals surface area contributed by atoms with E-state index in [1.165, 1.54) is 0 Å². The van der Waals surface area contributed by atoms with Gasteiger partial charge in [0.1, 0.15) is 0 Å². The second kappa shape index (κ2) is 2.22. The highest BCUT2D eigenvalue weighted by Crippen LogP contribution is 2.25. The van der Waals surface area contributed by atoms with Crippen LogP contribution in [0.25, 0.3) is 0 Å². The van der Waals surface area contributed by atoms with Gasteiger partial charge >= 0.3 is 0 Å². The minimum absolute atomic E-state index is 1.25. The van der Waals surface area contributed by atoms with Crippen molar-refractivity contribution in [2.24, 2.45) is 0 Å². The lowest BCUT2D eigenvalue weighted by Gasteiger charge is -1.96. The van der Waals surface area contributed by atoms with Crippen molar-refractivity contribution >= 4 is 17.3 Å². The molecule has 11 heavy (non-hydrogen) atoms. The Morgan fingerprint density at radius 3 is 1.64 bits per heavy atom. The van der Waals surface area contributed by atoms with Gasteiger partial charge in [0.15, 0.2) is 17.3 Å². The molecule has 0 atom stereocenters. The Hall–Kier alpha value is -1.59. The summed E-state index contributed by atoms with van der Waals surface area (Å²) >= 11 is 0. The summed E-state index contributed by atoms with van der Waals surface area (Å²) in [7, 11) is 0. The van der Waals surface area contributed by atoms with Gasteiger partial charge in [0.2, 0.25) is 11.6 Å². The van der Waals surface area contributed by atoms with Crippen LogP contribution in [-0.4, -0.2) is 4.98 Å². The van der Waals surface area contributed by atoms with Gasteiger partial charge in [-0.1, -0.05) is 0 Å². The number of halogens is 2. The fraction of sp³-hybridized carbons (Fsp3) is 0. The van der Waals surface area contributed by atoms with E-state index in [2.05, 4.69) is 4.98 Å². The van der Waals surface area contributed by atoms with E-state index in [4.69, 9.17) is 17.2 Å². The summed E-state index contributed by atoms with van der Waals surface area (Å²) in [5.41, 5.74) is 23.9. The first-order valence-electron chi connectivity index (χ1n) is 2.50. The van der Waals surface area contributed by atoms with Gasteiger partial charge in [0.25, 0.3) is 0 Å². The van der Waals surface area contributed by atoms with Crippen LogP contribution in [0.5, 0.6) is 0 Å². The zero-order chi connectivity index (χ0) is 8.59. The molecule has 0 amide bonds. The van der Waals surface area contributed by atoms with Crippen LogP contribution in [0.15, 0.2) is 0 Å². The van der Waals surface area contributed by atoms with Crippen molar-refractivity contribution in [3.05, 3.63) is 11.6 Å². The molecule has 54 valence electrons. The van der Waals surface area contributed by atoms with Gasteiger partial charge < -0.3 is 0 Å². The molecule has 0 aliphatic rings. The smallest absolute Gasteiger partial charge is 0.200 e. The summed E-state index contributed by atoms with van der Waals surface area (Å²) < 4.78 is 24.5. The molecular formula is C5F2N4. The van der Waals surface area contributed by atoms with Crippen LogP contribution >= 0.6 is 0 Å². The topological polar surface area (TPSA) is 79.8 Å². The van der Waals surface area contributed by atoms with Crippen molar-refractivity contribution < 1.29 is 8.78 Å². The van der Waals surface area contributed by atoms with Crippen LogP contribution < -0.4 is 17.2 Å². The molecule has 1 heterocycles. The zero-order valence-electron chi connectivity index (χ0n) is 5.04. The van der Waals surface area contributed by atoms with E-state index < -0.39 is 29.0 Å². The lowest BCUT2D eigenvalue weighted by Crippen LogP contribution is -1.94. The predicted molar refractivity (Wildman–Crippen MR) is 29.5 cm³/mol. The number of hydrogen-bond acceptors (Lipinski definition) is 1. The third-order valence-corrected chi connectivity index (χ3v) is 1.02. The van der Waals surface area contributed by atoms with E-state index in [-0.39, 0.29) is 0 Å². The molecule has 0 N–H and O–H groups in total. The van der Waals surface area contributed by atoms with Crippen molar-refractivity contribution in [1.29, 1.82) is 0 Å². The van der Waals surface area contributed by atoms with Gasteiger partial charge in [-0.25, -0.2) is 13.8 Å². The Morgan fingerprint density at radius 2 is 1.27 bits per heavy atom. The minimum Gasteiger partial charge on any atom is -0.200 e. The summed E-state index contributed by atoms with van der Waals surface area (Å²) in [4.78, 5) is 2.63. The van der Waals surface area contributed by atoms with Gasteiger partial charge in [0, 0.05) is 0 Å². The van der Waals surface area contributed by atoms with Crippen LogP contribution in [0.1, 0.15) is 0 Å². The molecule has 0 fully saturated rings. The molecule has 1 aromatic heterocycles. The first-order valence-corrected chi connectivity index (χ1v) is 2.50. The average molecular weight is 154 g/mol. The van der Waals surface area contributed by atoms with Crippen molar-refractivity contribution in [1.82, 2.24) is 22.2 Å². The molecule has 1 rings (SSSR count). The highest BCUT2D eigenvalue weighted by atomic mass is 19.1. The van der Waals surface area contributed by atoms with Crippen LogP contribution in [0.2, 0.25) is 0 Å². The summed E-state index contributed by atoms with van der Waals surface area (Å²) in [5, 5.41) is 0. The lowest BCUT2D eigenvalue weighted by molar-refractivity contribution is 0.578. The van der Waals surface area contributed by atoms with Crippen molar-refractivity contribution in [2.45, 2.75) is 0 Å². The molecule has 0 saturated heterocycles. The second-order valence-electron chi connectivity index (χ2n) is 1.74. The van der Waals surface area contributed by atoms with Crippen molar-refractivity contribution in [2.75, 3.05) is 0 Å². The van der Waals surface area contributed by atoms with Crippen LogP contribution in [-0.2, 0) is 0 Å². The Kier molecular flexibility index (Phi) is 1.52. The predicted octanol–water partition coefficient (Wildman–Crippen LogP) is 0.460. The molecule has 6 heteroatoms. The van der Waals surface area contributed by atoms with Gasteiger partial charge in [-0.15, -0.1) is 17.2 Å². The van der Waals surface area contributed by atoms with Crippen molar-refractivity contribution in [3.8, 4) is 0 Å². The van der Waals surface area contributed by atoms with Gasteiger partial charge in [-0.2, -0.15) is 0 Å². The van der Waals surface area contributed by atoms with E-state index in [0.717, 1.165) is 0 Å². The van der Waals surface area contributed by atoms with Crippen LogP contribution in [0.4, 0.5) is 26.1 Å². The van der Waals surface area contributed by atoms with Crippen LogP contribution in [0, 0.1) is 11.6 Å². The molecular weight excluding hydrogens is 154 g/mol. The summed E-state index contributed by atoms with van der Waals surface area (Å²) in [6.07, 6.45) is 0. The number of nitrogens with zero attached hydrogens (tertiary/aromatic N) is 4. The third kappa shape index (κ3) is 1.02. The number of aromatic nitrogens is 1. The highest BCUT2D eigenvalue weighted by Gasteiger charge is 2.17. The molecule has 6 radical (unpaired) electrons. The number of hydrogen-bond donors (Lipinski definition) is 0. The monoisotopic (exact) mass is 154 g/mol. The van der Waals surface area contributed by atoms with E-state index in [9.17, 15) is 8.78 Å². The first-order chi connectivity index (χ1) is 5.04. The fourth-order valence-electron chi connectivity index (χ4n) is 0.507. The molecule has 0 aliphatic heterocycles. The Bertz CT molecular complexity index is 273. The van der Waals surface area contributed by atoms with Crippen LogP contribution in [0.3, 0.4) is 0 Å². The molecule has 0 aromatic carbocycles. The second-order valence-corrected chi connectivity index (χ2v) is 1.74. The first kappa shape index (κ1) is 7.52. The van der Waals surface area contributed by atoms with E-state index >= 15 is 0 Å². The van der Waals surface area contributed by atoms with Gasteiger partial charge in [0.05, 0.1) is 0 Å². The van der Waals surface area contributed by atoms with Gasteiger partial charge in [-0.3, -0.25) is 0 Å². The number of pyridine rings is 1. The van der Waals surface area contributed by atoms with E-state index in [0.29, 0.717) is 0 Å². The maximum atomic E-state index is 12.3. The standard InChI is InChI=1S/C5F2N4/c6-1-3(8)2(7)5(10)11-4(1)9. The molecule has 0 aliphatic carbocycles. The molecule has 0 saturated carbocycles. The molecule has 0 spiro atoms. The summed E-state index contributed by atoms with van der Waals surface area (Å²) in [5.74, 6) is -5.69. The maximum absolute atomic E-state index is 12.3. The normalized spacial score (nSPS) is 10.0. The Morgan fingerprint density at radius 1 is 0.909 bits per heavy atom. The average Bonchev–Trinajstić information content (AvgIpc) is 1.97.